The smallest absolute Gasteiger partial charge is 0.408 e. The number of alkyl carbamates (subject to hydrolysis) is 1. The molecule has 0 rings (SSSR count). The van der Waals surface area contributed by atoms with Crippen molar-refractivity contribution in [2.24, 2.45) is 0 Å². The minimum atomic E-state index is -0.640. The minimum Gasteiger partial charge on any atom is -0.444 e. The second-order valence-corrected chi connectivity index (χ2v) is 5.95. The first-order valence-electron chi connectivity index (χ1n) is 7.81. The monoisotopic (exact) mass is 347 g/mol. The minimum absolute atomic E-state index is 0.0183. The molecule has 0 unspecified atom stereocenters. The number of nitrogens with one attached hydrogen (secondary N) is 3. The van der Waals surface area contributed by atoms with E-state index >= 15 is 0 Å². The zero-order valence-electron chi connectivity index (χ0n) is 14.9. The molecule has 0 radical (unpaired) electrons. The topological polar surface area (TPSA) is 115 Å². The fraction of sp³-hybridized carbons (Fsp3) is 0.800. The third kappa shape index (κ3) is 15.0. The van der Waals surface area contributed by atoms with E-state index in [1.165, 1.54) is 0 Å². The maximum Gasteiger partial charge on any atom is 0.408 e. The lowest BCUT2D eigenvalue weighted by Gasteiger charge is -2.19. The third-order valence-electron chi connectivity index (χ3n) is 2.46. The van der Waals surface area contributed by atoms with Crippen molar-refractivity contribution in [3.05, 3.63) is 0 Å². The molecule has 9 nitrogen and oxygen atoms in total. The van der Waals surface area contributed by atoms with Crippen molar-refractivity contribution >= 4 is 17.9 Å². The molecule has 3 N–H and O–H groups in total. The second kappa shape index (κ2) is 12.5. The molecule has 0 spiro atoms. The van der Waals surface area contributed by atoms with Gasteiger partial charge in [0.1, 0.15) is 12.2 Å². The molecule has 0 heterocycles. The van der Waals surface area contributed by atoms with Crippen molar-refractivity contribution in [1.82, 2.24) is 16.0 Å². The zero-order valence-corrected chi connectivity index (χ0v) is 14.9. The first-order chi connectivity index (χ1) is 11.2. The van der Waals surface area contributed by atoms with E-state index in [0.29, 0.717) is 32.7 Å². The Balaban J connectivity index is 3.55. The first kappa shape index (κ1) is 22.1. The van der Waals surface area contributed by atoms with Crippen molar-refractivity contribution in [2.75, 3.05) is 46.6 Å². The highest BCUT2D eigenvalue weighted by Gasteiger charge is 2.16. The van der Waals surface area contributed by atoms with Gasteiger partial charge in [0.25, 0.3) is 0 Å². The average Bonchev–Trinajstić information content (AvgIpc) is 2.47. The van der Waals surface area contributed by atoms with Gasteiger partial charge >= 0.3 is 6.09 Å². The van der Waals surface area contributed by atoms with E-state index in [-0.39, 0.29) is 25.0 Å². The summed E-state index contributed by atoms with van der Waals surface area (Å²) in [4.78, 5) is 34.2. The van der Waals surface area contributed by atoms with Crippen LogP contribution in [0.5, 0.6) is 0 Å². The van der Waals surface area contributed by atoms with Crippen molar-refractivity contribution < 1.29 is 28.6 Å². The van der Waals surface area contributed by atoms with Crippen molar-refractivity contribution in [2.45, 2.75) is 32.8 Å². The average molecular weight is 347 g/mol. The van der Waals surface area contributed by atoms with E-state index < -0.39 is 11.7 Å². The fourth-order valence-electron chi connectivity index (χ4n) is 1.43. The van der Waals surface area contributed by atoms with E-state index in [2.05, 4.69) is 16.0 Å². The summed E-state index contributed by atoms with van der Waals surface area (Å²) < 4.78 is 14.9. The molecule has 3 amide bonds. The number of carbonyl (C=O) groups excluding carboxylic acids is 3. The van der Waals surface area contributed by atoms with Gasteiger partial charge in [-0.25, -0.2) is 4.79 Å². The number of hydrogen-bond donors (Lipinski definition) is 3. The molecular formula is C15H29N3O6. The fourth-order valence-corrected chi connectivity index (χ4v) is 1.43. The van der Waals surface area contributed by atoms with E-state index in [9.17, 15) is 14.4 Å². The second-order valence-electron chi connectivity index (χ2n) is 5.95. The molecule has 0 atom stereocenters. The summed E-state index contributed by atoms with van der Waals surface area (Å²) in [7, 11) is 1.56. The summed E-state index contributed by atoms with van der Waals surface area (Å²) >= 11 is 0. The normalized spacial score (nSPS) is 10.8. The van der Waals surface area contributed by atoms with Crippen LogP contribution in [0.15, 0.2) is 0 Å². The summed E-state index contributed by atoms with van der Waals surface area (Å²) in [5.74, 6) is -0.542. The Morgan fingerprint density at radius 3 is 2.12 bits per heavy atom. The predicted octanol–water partition coefficient (Wildman–Crippen LogP) is -0.203. The predicted molar refractivity (Wildman–Crippen MR) is 87.6 cm³/mol. The number of hydrogen-bond acceptors (Lipinski definition) is 6. The maximum atomic E-state index is 11.5. The molecule has 0 aromatic heterocycles. The quantitative estimate of drug-likeness (QED) is 0.446. The molecular weight excluding hydrogens is 318 g/mol. The van der Waals surface area contributed by atoms with E-state index in [1.54, 1.807) is 27.9 Å². The van der Waals surface area contributed by atoms with Gasteiger partial charge in [0.2, 0.25) is 11.8 Å². The van der Waals surface area contributed by atoms with Crippen LogP contribution in [0, 0.1) is 0 Å². The van der Waals surface area contributed by atoms with E-state index in [1.807, 2.05) is 0 Å². The van der Waals surface area contributed by atoms with Crippen molar-refractivity contribution in [3.63, 3.8) is 0 Å². The SMILES string of the molecule is COCCOCC(=O)NCCCNC(=O)CNC(=O)OC(C)(C)C. The molecule has 0 aromatic carbocycles. The van der Waals surface area contributed by atoms with E-state index in [4.69, 9.17) is 14.2 Å². The standard InChI is InChI=1S/C15H29N3O6/c1-15(2,3)24-14(21)18-10-12(19)16-6-5-7-17-13(20)11-23-9-8-22-4/h5-11H2,1-4H3,(H,16,19)(H,17,20)(H,18,21). The number of methoxy groups -OCH3 is 1. The lowest BCUT2D eigenvalue weighted by molar-refractivity contribution is -0.126. The summed E-state index contributed by atoms with van der Waals surface area (Å²) in [6, 6.07) is 0. The van der Waals surface area contributed by atoms with Crippen LogP contribution >= 0.6 is 0 Å². The molecule has 0 aliphatic heterocycles. The zero-order chi connectivity index (χ0) is 18.4. The summed E-state index contributed by atoms with van der Waals surface area (Å²) in [6.45, 7) is 6.66. The number of carbonyl (C=O) groups is 3. The molecule has 140 valence electrons. The van der Waals surface area contributed by atoms with Crippen molar-refractivity contribution in [3.8, 4) is 0 Å². The first-order valence-corrected chi connectivity index (χ1v) is 7.81. The van der Waals surface area contributed by atoms with Crippen LogP contribution in [0.3, 0.4) is 0 Å². The van der Waals surface area contributed by atoms with Gasteiger partial charge in [-0.15, -0.1) is 0 Å². The molecule has 0 saturated carbocycles. The van der Waals surface area contributed by atoms with Gasteiger partial charge in [-0.1, -0.05) is 0 Å². The Hall–Kier alpha value is -1.87. The van der Waals surface area contributed by atoms with Crippen LogP contribution in [0.25, 0.3) is 0 Å². The number of ether oxygens (including phenoxy) is 3. The highest BCUT2D eigenvalue weighted by atomic mass is 16.6. The Kier molecular flexibility index (Phi) is 11.6. The van der Waals surface area contributed by atoms with Gasteiger partial charge in [-0.3, -0.25) is 9.59 Å². The van der Waals surface area contributed by atoms with Crippen LogP contribution in [-0.2, 0) is 23.8 Å². The van der Waals surface area contributed by atoms with Crippen LogP contribution in [0.4, 0.5) is 4.79 Å². The van der Waals surface area contributed by atoms with Crippen LogP contribution in [0.1, 0.15) is 27.2 Å². The van der Waals surface area contributed by atoms with Crippen LogP contribution in [0.2, 0.25) is 0 Å². The summed E-state index contributed by atoms with van der Waals surface area (Å²) in [5.41, 5.74) is -0.605. The molecule has 0 aliphatic carbocycles. The number of amides is 3. The Morgan fingerprint density at radius 2 is 1.54 bits per heavy atom. The molecule has 0 saturated heterocycles. The molecule has 0 aromatic rings. The maximum absolute atomic E-state index is 11.5. The van der Waals surface area contributed by atoms with Gasteiger partial charge in [-0.2, -0.15) is 0 Å². The van der Waals surface area contributed by atoms with Gasteiger partial charge in [-0.05, 0) is 27.2 Å². The van der Waals surface area contributed by atoms with Gasteiger partial charge in [0, 0.05) is 20.2 Å². The number of rotatable bonds is 11. The molecule has 9 heteroatoms. The Labute approximate surface area is 142 Å². The van der Waals surface area contributed by atoms with Gasteiger partial charge in [0.05, 0.1) is 19.8 Å². The van der Waals surface area contributed by atoms with E-state index in [0.717, 1.165) is 0 Å². The van der Waals surface area contributed by atoms with Crippen molar-refractivity contribution in [1.29, 1.82) is 0 Å². The van der Waals surface area contributed by atoms with Gasteiger partial charge < -0.3 is 30.2 Å². The summed E-state index contributed by atoms with van der Waals surface area (Å²) in [6.07, 6.45) is -0.0690. The highest BCUT2D eigenvalue weighted by molar-refractivity contribution is 5.82. The Morgan fingerprint density at radius 1 is 0.917 bits per heavy atom. The Bertz CT molecular complexity index is 395. The third-order valence-corrected chi connectivity index (χ3v) is 2.46. The lowest BCUT2D eigenvalue weighted by atomic mass is 10.2. The molecule has 0 bridgehead atoms. The van der Waals surface area contributed by atoms with Crippen LogP contribution in [-0.4, -0.2) is 70.1 Å². The largest absolute Gasteiger partial charge is 0.444 e. The molecule has 0 aliphatic rings. The highest BCUT2D eigenvalue weighted by Crippen LogP contribution is 2.05. The molecule has 0 fully saturated rings. The van der Waals surface area contributed by atoms with Crippen LogP contribution < -0.4 is 16.0 Å². The summed E-state index contributed by atoms with van der Waals surface area (Å²) in [5, 5.41) is 7.65. The van der Waals surface area contributed by atoms with Gasteiger partial charge in [0.15, 0.2) is 0 Å². The molecule has 24 heavy (non-hydrogen) atoms. The lowest BCUT2D eigenvalue weighted by Crippen LogP contribution is -2.40.